The maximum atomic E-state index is 13.7. The number of carboxylic acids is 1. The lowest BCUT2D eigenvalue weighted by Gasteiger charge is -2.11. The van der Waals surface area contributed by atoms with Crippen molar-refractivity contribution in [3.05, 3.63) is 83.5 Å². The van der Waals surface area contributed by atoms with Crippen LogP contribution in [-0.4, -0.2) is 30.8 Å². The summed E-state index contributed by atoms with van der Waals surface area (Å²) in [6.07, 6.45) is 3.88. The van der Waals surface area contributed by atoms with E-state index in [-0.39, 0.29) is 17.2 Å². The molecule has 2 aromatic carbocycles. The van der Waals surface area contributed by atoms with Gasteiger partial charge in [-0.15, -0.1) is 0 Å². The summed E-state index contributed by atoms with van der Waals surface area (Å²) in [6, 6.07) is 11.8. The molecule has 0 aliphatic heterocycles. The van der Waals surface area contributed by atoms with Gasteiger partial charge in [0.2, 0.25) is 5.83 Å². The number of fused-ring (bicyclic) bond motifs is 1. The van der Waals surface area contributed by atoms with Gasteiger partial charge in [-0.2, -0.15) is 9.49 Å². The van der Waals surface area contributed by atoms with Gasteiger partial charge in [0.25, 0.3) is 0 Å². The Hall–Kier alpha value is -4.14. The molecular formula is C22H17F2N5O2. The zero-order valence-electron chi connectivity index (χ0n) is 16.4. The Morgan fingerprint density at radius 2 is 2.06 bits per heavy atom. The van der Waals surface area contributed by atoms with E-state index in [0.29, 0.717) is 17.9 Å². The molecule has 2 N–H and O–H groups in total. The molecule has 156 valence electrons. The Labute approximate surface area is 175 Å². The topological polar surface area (TPSA) is 92.9 Å². The number of anilines is 2. The van der Waals surface area contributed by atoms with Crippen molar-refractivity contribution in [1.82, 2.24) is 19.7 Å². The monoisotopic (exact) mass is 421 g/mol. The van der Waals surface area contributed by atoms with Crippen molar-refractivity contribution >= 4 is 34.5 Å². The first kappa shape index (κ1) is 20.1. The summed E-state index contributed by atoms with van der Waals surface area (Å²) in [4.78, 5) is 19.0. The fourth-order valence-electron chi connectivity index (χ4n) is 3.18. The zero-order chi connectivity index (χ0) is 22.0. The van der Waals surface area contributed by atoms with E-state index in [0.717, 1.165) is 22.5 Å². The number of carboxylic acid groups (broad SMARTS) is 1. The molecule has 0 spiro atoms. The highest BCUT2D eigenvalue weighted by Gasteiger charge is 2.13. The number of nitrogens with zero attached hydrogens (tertiary/aromatic N) is 4. The summed E-state index contributed by atoms with van der Waals surface area (Å²) >= 11 is 0. The maximum Gasteiger partial charge on any atom is 0.364 e. The predicted octanol–water partition coefficient (Wildman–Crippen LogP) is 4.46. The van der Waals surface area contributed by atoms with E-state index in [9.17, 15) is 13.6 Å². The second-order valence-corrected chi connectivity index (χ2v) is 6.85. The molecule has 4 aromatic rings. The quantitative estimate of drug-likeness (QED) is 0.447. The number of hydrogen-bond donors (Lipinski definition) is 2. The number of nitrogens with one attached hydrogen (secondary N) is 1. The Morgan fingerprint density at radius 1 is 1.23 bits per heavy atom. The Morgan fingerprint density at radius 3 is 2.84 bits per heavy atom. The van der Waals surface area contributed by atoms with Crippen molar-refractivity contribution in [1.29, 1.82) is 0 Å². The van der Waals surface area contributed by atoms with Crippen LogP contribution in [-0.2, 0) is 11.3 Å². The first-order chi connectivity index (χ1) is 14.9. The van der Waals surface area contributed by atoms with Gasteiger partial charge >= 0.3 is 5.97 Å². The highest BCUT2D eigenvalue weighted by Crippen LogP contribution is 2.26. The van der Waals surface area contributed by atoms with Gasteiger partial charge in [0.1, 0.15) is 18.0 Å². The molecule has 0 radical (unpaired) electrons. The van der Waals surface area contributed by atoms with E-state index in [2.05, 4.69) is 20.4 Å². The highest BCUT2D eigenvalue weighted by molar-refractivity contribution is 5.91. The molecule has 0 fully saturated rings. The number of carbonyl (C=O) groups is 1. The number of aromatic nitrogens is 4. The molecule has 0 bridgehead atoms. The van der Waals surface area contributed by atoms with Crippen LogP contribution in [0.5, 0.6) is 0 Å². The summed E-state index contributed by atoms with van der Waals surface area (Å²) in [5.74, 6) is -3.00. The number of aryl methyl sites for hydroxylation is 1. The molecule has 2 aromatic heterocycles. The van der Waals surface area contributed by atoms with Crippen molar-refractivity contribution in [3.8, 4) is 0 Å². The van der Waals surface area contributed by atoms with Gasteiger partial charge in [-0.05, 0) is 48.9 Å². The number of rotatable bonds is 6. The van der Waals surface area contributed by atoms with E-state index >= 15 is 0 Å². The Kier molecular flexibility index (Phi) is 5.40. The van der Waals surface area contributed by atoms with Crippen LogP contribution in [0.1, 0.15) is 16.8 Å². The van der Waals surface area contributed by atoms with E-state index in [4.69, 9.17) is 5.11 Å². The molecule has 0 saturated heterocycles. The largest absolute Gasteiger partial charge is 0.476 e. The molecule has 0 amide bonds. The van der Waals surface area contributed by atoms with Crippen molar-refractivity contribution in [2.75, 3.05) is 5.32 Å². The minimum Gasteiger partial charge on any atom is -0.476 e. The first-order valence-electron chi connectivity index (χ1n) is 9.30. The lowest BCUT2D eigenvalue weighted by molar-refractivity contribution is -0.134. The summed E-state index contributed by atoms with van der Waals surface area (Å²) in [6.45, 7) is 2.05. The van der Waals surface area contributed by atoms with Gasteiger partial charge in [0.05, 0.1) is 24.0 Å². The highest BCUT2D eigenvalue weighted by atomic mass is 19.1. The van der Waals surface area contributed by atoms with Crippen LogP contribution in [0.15, 0.2) is 60.8 Å². The summed E-state index contributed by atoms with van der Waals surface area (Å²) in [5.41, 5.74) is 2.97. The molecule has 4 rings (SSSR count). The number of hydrogen-bond acceptors (Lipinski definition) is 5. The average Bonchev–Trinajstić information content (AvgIpc) is 3.12. The van der Waals surface area contributed by atoms with Crippen LogP contribution >= 0.6 is 0 Å². The van der Waals surface area contributed by atoms with Crippen LogP contribution in [0.25, 0.3) is 17.0 Å². The zero-order valence-corrected chi connectivity index (χ0v) is 16.4. The van der Waals surface area contributed by atoms with Crippen LogP contribution in [0.4, 0.5) is 20.3 Å². The summed E-state index contributed by atoms with van der Waals surface area (Å²) < 4.78 is 28.9. The van der Waals surface area contributed by atoms with Gasteiger partial charge < -0.3 is 10.4 Å². The minimum atomic E-state index is -1.67. The number of halogens is 2. The standard InChI is InChI=1S/C22H17F2N5O2/c1-13-18(9-19(24)22(30)31)21(26-12-25-13)28-17-5-6-20-15(8-17)10-27-29(20)11-14-3-2-4-16(23)7-14/h2-10,12H,11H2,1H3,(H,30,31)(H,25,26,28)/b19-9-. The number of aliphatic carboxylic acids is 1. The molecule has 0 aliphatic carbocycles. The van der Waals surface area contributed by atoms with Crippen molar-refractivity contribution in [3.63, 3.8) is 0 Å². The maximum absolute atomic E-state index is 13.7. The molecule has 2 heterocycles. The second-order valence-electron chi connectivity index (χ2n) is 6.85. The summed E-state index contributed by atoms with van der Waals surface area (Å²) in [7, 11) is 0. The lowest BCUT2D eigenvalue weighted by Crippen LogP contribution is -2.03. The van der Waals surface area contributed by atoms with Crippen molar-refractivity contribution < 1.29 is 18.7 Å². The lowest BCUT2D eigenvalue weighted by atomic mass is 10.1. The van der Waals surface area contributed by atoms with Crippen molar-refractivity contribution in [2.45, 2.75) is 13.5 Å². The molecule has 0 aliphatic rings. The van der Waals surface area contributed by atoms with E-state index in [1.54, 1.807) is 29.9 Å². The first-order valence-corrected chi connectivity index (χ1v) is 9.30. The fraction of sp³-hybridized carbons (Fsp3) is 0.0909. The van der Waals surface area contributed by atoms with Crippen LogP contribution in [0, 0.1) is 12.7 Å². The molecule has 0 saturated carbocycles. The third-order valence-corrected chi connectivity index (χ3v) is 4.68. The van der Waals surface area contributed by atoms with E-state index < -0.39 is 11.8 Å². The molecule has 31 heavy (non-hydrogen) atoms. The van der Waals surface area contributed by atoms with Crippen LogP contribution < -0.4 is 5.32 Å². The Bertz CT molecular complexity index is 1320. The van der Waals surface area contributed by atoms with Gasteiger partial charge in [0.15, 0.2) is 0 Å². The number of benzene rings is 2. The second kappa shape index (κ2) is 8.31. The molecule has 0 unspecified atom stereocenters. The third kappa shape index (κ3) is 4.40. The van der Waals surface area contributed by atoms with Gasteiger partial charge in [0, 0.05) is 16.6 Å². The van der Waals surface area contributed by atoms with Crippen molar-refractivity contribution in [2.24, 2.45) is 0 Å². The molecule has 9 heteroatoms. The predicted molar refractivity (Wildman–Crippen MR) is 112 cm³/mol. The third-order valence-electron chi connectivity index (χ3n) is 4.68. The minimum absolute atomic E-state index is 0.240. The fourth-order valence-corrected chi connectivity index (χ4v) is 3.18. The smallest absolute Gasteiger partial charge is 0.364 e. The SMILES string of the molecule is Cc1ncnc(Nc2ccc3c(cnn3Cc3cccc(F)c3)c2)c1/C=C(\F)C(=O)O. The van der Waals surface area contributed by atoms with Crippen LogP contribution in [0.3, 0.4) is 0 Å². The van der Waals surface area contributed by atoms with Crippen LogP contribution in [0.2, 0.25) is 0 Å². The average molecular weight is 421 g/mol. The van der Waals surface area contributed by atoms with Gasteiger partial charge in [-0.1, -0.05) is 12.1 Å². The van der Waals surface area contributed by atoms with E-state index in [1.807, 2.05) is 18.2 Å². The molecule has 7 nitrogen and oxygen atoms in total. The Balaban J connectivity index is 1.63. The summed E-state index contributed by atoms with van der Waals surface area (Å²) in [5, 5.41) is 17.1. The van der Waals surface area contributed by atoms with Gasteiger partial charge in [-0.25, -0.2) is 19.2 Å². The van der Waals surface area contributed by atoms with Gasteiger partial charge in [-0.3, -0.25) is 4.68 Å². The normalized spacial score (nSPS) is 11.6. The molecular weight excluding hydrogens is 404 g/mol. The van der Waals surface area contributed by atoms with E-state index in [1.165, 1.54) is 18.5 Å². The molecule has 0 atom stereocenters.